The zero-order valence-corrected chi connectivity index (χ0v) is 7.63. The van der Waals surface area contributed by atoms with Gasteiger partial charge in [0.15, 0.2) is 0 Å². The topological polar surface area (TPSA) is 20.2 Å². The van der Waals surface area contributed by atoms with E-state index >= 15 is 0 Å². The van der Waals surface area contributed by atoms with Crippen LogP contribution in [0.4, 0.5) is 0 Å². The van der Waals surface area contributed by atoms with E-state index in [1.165, 1.54) is 38.5 Å². The predicted octanol–water partition coefficient (Wildman–Crippen LogP) is 2.20. The highest BCUT2D eigenvalue weighted by Crippen LogP contribution is 2.64. The maximum absolute atomic E-state index is 9.49. The number of hydrogen-bond acceptors (Lipinski definition) is 1. The Bertz CT molecular complexity index is 201. The van der Waals surface area contributed by atoms with E-state index in [1.807, 2.05) is 0 Å². The second-order valence-corrected chi connectivity index (χ2v) is 5.22. The molecule has 3 rings (SSSR count). The Labute approximate surface area is 74.2 Å². The van der Waals surface area contributed by atoms with Gasteiger partial charge < -0.3 is 5.11 Å². The summed E-state index contributed by atoms with van der Waals surface area (Å²) < 4.78 is 0. The van der Waals surface area contributed by atoms with Gasteiger partial charge in [0.05, 0.1) is 0 Å². The number of fused-ring (bicyclic) bond motifs is 3. The number of aliphatic hydroxyl groups is 1. The molecule has 0 aromatic rings. The first kappa shape index (κ1) is 7.37. The lowest BCUT2D eigenvalue weighted by Crippen LogP contribution is -2.34. The lowest BCUT2D eigenvalue weighted by molar-refractivity contribution is 0.0405. The van der Waals surface area contributed by atoms with Crippen LogP contribution in [0, 0.1) is 23.2 Å². The third kappa shape index (κ3) is 0.783. The van der Waals surface area contributed by atoms with E-state index in [1.54, 1.807) is 0 Å². The van der Waals surface area contributed by atoms with Crippen LogP contribution in [0.1, 0.15) is 38.5 Å². The van der Waals surface area contributed by atoms with Crippen LogP contribution < -0.4 is 0 Å². The van der Waals surface area contributed by atoms with E-state index in [-0.39, 0.29) is 0 Å². The van der Waals surface area contributed by atoms with Crippen LogP contribution in [0.25, 0.3) is 0 Å². The highest BCUT2D eigenvalue weighted by molar-refractivity contribution is 5.06. The van der Waals surface area contributed by atoms with E-state index in [0.717, 1.165) is 17.8 Å². The summed E-state index contributed by atoms with van der Waals surface area (Å²) in [4.78, 5) is 0. The molecule has 1 N–H and O–H groups in total. The van der Waals surface area contributed by atoms with Gasteiger partial charge in [0.25, 0.3) is 0 Å². The van der Waals surface area contributed by atoms with E-state index in [2.05, 4.69) is 0 Å². The highest BCUT2D eigenvalue weighted by atomic mass is 16.3. The molecule has 4 atom stereocenters. The molecule has 0 aliphatic heterocycles. The van der Waals surface area contributed by atoms with E-state index < -0.39 is 0 Å². The van der Waals surface area contributed by atoms with Crippen molar-refractivity contribution in [2.24, 2.45) is 23.2 Å². The van der Waals surface area contributed by atoms with Crippen molar-refractivity contribution in [1.82, 2.24) is 0 Å². The first-order chi connectivity index (χ1) is 5.86. The molecule has 0 bridgehead atoms. The monoisotopic (exact) mass is 166 g/mol. The van der Waals surface area contributed by atoms with Crippen molar-refractivity contribution in [1.29, 1.82) is 0 Å². The number of aliphatic hydroxyl groups excluding tert-OH is 1. The minimum absolute atomic E-state index is 0.400. The van der Waals surface area contributed by atoms with Crippen molar-refractivity contribution in [2.75, 3.05) is 6.61 Å². The van der Waals surface area contributed by atoms with Gasteiger partial charge in [-0.2, -0.15) is 0 Å². The highest BCUT2D eigenvalue weighted by Gasteiger charge is 2.57. The number of hydrogen-bond donors (Lipinski definition) is 1. The summed E-state index contributed by atoms with van der Waals surface area (Å²) in [5.41, 5.74) is 0.400. The summed E-state index contributed by atoms with van der Waals surface area (Å²) in [6.45, 7) is 0.473. The Morgan fingerprint density at radius 3 is 3.00 bits per heavy atom. The Morgan fingerprint density at radius 2 is 2.17 bits per heavy atom. The zero-order valence-electron chi connectivity index (χ0n) is 7.63. The van der Waals surface area contributed by atoms with Crippen molar-refractivity contribution in [3.63, 3.8) is 0 Å². The van der Waals surface area contributed by atoms with Crippen molar-refractivity contribution in [3.05, 3.63) is 0 Å². The standard InChI is InChI=1S/C11H18O/c12-7-11-4-1-2-10(11)9-6-8(9)3-5-11/h8-10,12H,1-7H2/t8-,9+,10-,11+/m0/s1. The summed E-state index contributed by atoms with van der Waals surface area (Å²) in [5.74, 6) is 3.03. The van der Waals surface area contributed by atoms with Gasteiger partial charge in [0.2, 0.25) is 0 Å². The van der Waals surface area contributed by atoms with Gasteiger partial charge in [-0.05, 0) is 55.3 Å². The minimum atomic E-state index is 0.400. The third-order valence-electron chi connectivity index (χ3n) is 4.80. The normalized spacial score (nSPS) is 56.2. The molecule has 0 unspecified atom stereocenters. The lowest BCUT2D eigenvalue weighted by atomic mass is 9.69. The first-order valence-electron chi connectivity index (χ1n) is 5.47. The summed E-state index contributed by atoms with van der Waals surface area (Å²) in [6, 6.07) is 0. The van der Waals surface area contributed by atoms with Gasteiger partial charge in [-0.1, -0.05) is 6.42 Å². The summed E-state index contributed by atoms with van der Waals surface area (Å²) >= 11 is 0. The lowest BCUT2D eigenvalue weighted by Gasteiger charge is -2.37. The molecule has 12 heavy (non-hydrogen) atoms. The molecular weight excluding hydrogens is 148 g/mol. The van der Waals surface area contributed by atoms with Crippen LogP contribution in [0.2, 0.25) is 0 Å². The second kappa shape index (κ2) is 2.25. The van der Waals surface area contributed by atoms with Gasteiger partial charge in [-0.25, -0.2) is 0 Å². The van der Waals surface area contributed by atoms with Crippen LogP contribution in [0.3, 0.4) is 0 Å². The van der Waals surface area contributed by atoms with Crippen LogP contribution in [-0.2, 0) is 0 Å². The molecule has 3 saturated carbocycles. The smallest absolute Gasteiger partial charge is 0.0490 e. The third-order valence-corrected chi connectivity index (χ3v) is 4.80. The molecule has 68 valence electrons. The molecule has 0 heterocycles. The molecular formula is C11H18O. The van der Waals surface area contributed by atoms with Gasteiger partial charge in [0, 0.05) is 6.61 Å². The first-order valence-corrected chi connectivity index (χ1v) is 5.47. The Morgan fingerprint density at radius 1 is 1.25 bits per heavy atom. The largest absolute Gasteiger partial charge is 0.396 e. The molecule has 0 radical (unpaired) electrons. The molecule has 3 aliphatic rings. The fraction of sp³-hybridized carbons (Fsp3) is 1.00. The molecule has 0 aromatic heterocycles. The van der Waals surface area contributed by atoms with Crippen molar-refractivity contribution < 1.29 is 5.11 Å². The van der Waals surface area contributed by atoms with E-state index in [4.69, 9.17) is 0 Å². The predicted molar refractivity (Wildman–Crippen MR) is 47.7 cm³/mol. The fourth-order valence-electron chi connectivity index (χ4n) is 3.99. The summed E-state index contributed by atoms with van der Waals surface area (Å²) in [7, 11) is 0. The molecule has 3 aliphatic carbocycles. The zero-order chi connectivity index (χ0) is 8.18. The number of rotatable bonds is 1. The summed E-state index contributed by atoms with van der Waals surface area (Å²) in [6.07, 6.45) is 8.36. The van der Waals surface area contributed by atoms with Gasteiger partial charge in [0.1, 0.15) is 0 Å². The second-order valence-electron chi connectivity index (χ2n) is 5.22. The van der Waals surface area contributed by atoms with Crippen molar-refractivity contribution in [3.8, 4) is 0 Å². The SMILES string of the molecule is OC[C@]12CCC[C@H]1[C@@H]1C[C@@H]1CC2. The van der Waals surface area contributed by atoms with Gasteiger partial charge in [-0.15, -0.1) is 0 Å². The van der Waals surface area contributed by atoms with Crippen LogP contribution in [0.15, 0.2) is 0 Å². The van der Waals surface area contributed by atoms with E-state index in [0.29, 0.717) is 12.0 Å². The minimum Gasteiger partial charge on any atom is -0.396 e. The van der Waals surface area contributed by atoms with Gasteiger partial charge in [-0.3, -0.25) is 0 Å². The van der Waals surface area contributed by atoms with Crippen LogP contribution >= 0.6 is 0 Å². The molecule has 1 nitrogen and oxygen atoms in total. The Balaban J connectivity index is 1.88. The van der Waals surface area contributed by atoms with Gasteiger partial charge >= 0.3 is 0 Å². The van der Waals surface area contributed by atoms with E-state index in [9.17, 15) is 5.11 Å². The molecule has 3 fully saturated rings. The maximum atomic E-state index is 9.49. The maximum Gasteiger partial charge on any atom is 0.0490 e. The Kier molecular flexibility index (Phi) is 1.39. The molecule has 0 aromatic carbocycles. The average Bonchev–Trinajstić information content (AvgIpc) is 2.77. The molecule has 0 spiro atoms. The summed E-state index contributed by atoms with van der Waals surface area (Å²) in [5, 5.41) is 9.49. The average molecular weight is 166 g/mol. The quantitative estimate of drug-likeness (QED) is 0.633. The molecule has 0 saturated heterocycles. The molecule has 0 amide bonds. The van der Waals surface area contributed by atoms with Crippen LogP contribution in [0.5, 0.6) is 0 Å². The van der Waals surface area contributed by atoms with Crippen LogP contribution in [-0.4, -0.2) is 11.7 Å². The molecule has 1 heteroatoms. The van der Waals surface area contributed by atoms with Crippen molar-refractivity contribution >= 4 is 0 Å². The van der Waals surface area contributed by atoms with Crippen molar-refractivity contribution in [2.45, 2.75) is 38.5 Å². The Hall–Kier alpha value is -0.0400. The fourth-order valence-corrected chi connectivity index (χ4v) is 3.99.